The van der Waals surface area contributed by atoms with Gasteiger partial charge in [-0.3, -0.25) is 4.84 Å². The fraction of sp³-hybridized carbons (Fsp3) is 0.833. The van der Waals surface area contributed by atoms with Gasteiger partial charge in [0.1, 0.15) is 0 Å². The molecule has 0 atom stereocenters. The first kappa shape index (κ1) is 12.0. The van der Waals surface area contributed by atoms with Gasteiger partial charge in [0.05, 0.1) is 0 Å². The molecule has 4 nitrogen and oxygen atoms in total. The number of carboxylic acid groups (broad SMARTS) is 1. The summed E-state index contributed by atoms with van der Waals surface area (Å²) >= 11 is 10.8. The zero-order valence-electron chi connectivity index (χ0n) is 6.43. The van der Waals surface area contributed by atoms with Crippen molar-refractivity contribution in [1.82, 2.24) is 0 Å². The molecule has 3 N–H and O–H groups in total. The monoisotopic (exact) mass is 215 g/mol. The smallest absolute Gasteiger partial charge is 0.338 e. The standard InChI is InChI=1S/C6H11Cl2NO3/c7-3-1-6(12-9,2-4-8)5(10)11/h1-4,9H2,(H,10,11). The van der Waals surface area contributed by atoms with Gasteiger partial charge in [-0.2, -0.15) is 0 Å². The quantitative estimate of drug-likeness (QED) is 0.512. The Bertz CT molecular complexity index is 148. The Labute approximate surface area is 80.5 Å². The van der Waals surface area contributed by atoms with Crippen molar-refractivity contribution < 1.29 is 14.7 Å². The Balaban J connectivity index is 4.39. The molecule has 6 heteroatoms. The average molecular weight is 216 g/mol. The first-order valence-electron chi connectivity index (χ1n) is 3.36. The highest BCUT2D eigenvalue weighted by Crippen LogP contribution is 2.20. The molecule has 0 aromatic carbocycles. The van der Waals surface area contributed by atoms with Crippen LogP contribution in [0.4, 0.5) is 0 Å². The molecule has 0 spiro atoms. The lowest BCUT2D eigenvalue weighted by atomic mass is 9.98. The van der Waals surface area contributed by atoms with Crippen molar-refractivity contribution in [1.29, 1.82) is 0 Å². The maximum atomic E-state index is 10.7. The normalized spacial score (nSPS) is 11.6. The topological polar surface area (TPSA) is 72.5 Å². The largest absolute Gasteiger partial charge is 0.479 e. The molecule has 0 heterocycles. The highest BCUT2D eigenvalue weighted by Gasteiger charge is 2.38. The van der Waals surface area contributed by atoms with Gasteiger partial charge >= 0.3 is 5.97 Å². The van der Waals surface area contributed by atoms with Crippen LogP contribution in [0.2, 0.25) is 0 Å². The first-order chi connectivity index (χ1) is 5.63. The van der Waals surface area contributed by atoms with Crippen molar-refractivity contribution in [2.75, 3.05) is 11.8 Å². The molecule has 0 saturated heterocycles. The molecule has 0 rings (SSSR count). The van der Waals surface area contributed by atoms with E-state index in [1.807, 2.05) is 0 Å². The first-order valence-corrected chi connectivity index (χ1v) is 4.43. The van der Waals surface area contributed by atoms with E-state index in [4.69, 9.17) is 34.2 Å². The predicted octanol–water partition coefficient (Wildman–Crippen LogP) is 0.958. The second-order valence-corrected chi connectivity index (χ2v) is 3.05. The van der Waals surface area contributed by atoms with Gasteiger partial charge in [0.25, 0.3) is 0 Å². The minimum absolute atomic E-state index is 0.146. The van der Waals surface area contributed by atoms with E-state index in [1.165, 1.54) is 0 Å². The number of halogens is 2. The van der Waals surface area contributed by atoms with Crippen LogP contribution in [0.15, 0.2) is 0 Å². The minimum Gasteiger partial charge on any atom is -0.479 e. The molecule has 0 aliphatic rings. The van der Waals surface area contributed by atoms with E-state index in [0.29, 0.717) is 0 Å². The Kier molecular flexibility index (Phi) is 5.57. The zero-order chi connectivity index (χ0) is 9.61. The van der Waals surface area contributed by atoms with Crippen molar-refractivity contribution in [2.24, 2.45) is 5.90 Å². The summed E-state index contributed by atoms with van der Waals surface area (Å²) in [6.07, 6.45) is 0.292. The lowest BCUT2D eigenvalue weighted by Crippen LogP contribution is -2.44. The number of nitrogens with two attached hydrogens (primary N) is 1. The molecular formula is C6H11Cl2NO3. The van der Waals surface area contributed by atoms with Crippen LogP contribution in [0.25, 0.3) is 0 Å². The van der Waals surface area contributed by atoms with Gasteiger partial charge < -0.3 is 5.11 Å². The van der Waals surface area contributed by atoms with Gasteiger partial charge in [0.15, 0.2) is 5.60 Å². The van der Waals surface area contributed by atoms with Crippen molar-refractivity contribution in [3.63, 3.8) is 0 Å². The summed E-state index contributed by atoms with van der Waals surface area (Å²) in [6, 6.07) is 0. The summed E-state index contributed by atoms with van der Waals surface area (Å²) in [4.78, 5) is 15.1. The van der Waals surface area contributed by atoms with Crippen LogP contribution < -0.4 is 5.90 Å². The number of carboxylic acids is 1. The molecule has 12 heavy (non-hydrogen) atoms. The van der Waals surface area contributed by atoms with Gasteiger partial charge in [-0.05, 0) is 0 Å². The molecule has 0 radical (unpaired) electrons. The Hall–Kier alpha value is -0.0300. The van der Waals surface area contributed by atoms with E-state index in [-0.39, 0.29) is 24.6 Å². The number of rotatable bonds is 6. The van der Waals surface area contributed by atoms with Crippen LogP contribution in [-0.4, -0.2) is 28.4 Å². The summed E-state index contributed by atoms with van der Waals surface area (Å²) in [6.45, 7) is 0. The number of aliphatic carboxylic acids is 1. The van der Waals surface area contributed by atoms with Crippen molar-refractivity contribution in [3.05, 3.63) is 0 Å². The summed E-state index contributed by atoms with van der Waals surface area (Å²) in [5.74, 6) is 4.08. The molecule has 72 valence electrons. The molecule has 0 aliphatic heterocycles. The maximum absolute atomic E-state index is 10.7. The second kappa shape index (κ2) is 5.59. The SMILES string of the molecule is NOC(CCCl)(CCCl)C(=O)O. The van der Waals surface area contributed by atoms with Gasteiger partial charge in [0.2, 0.25) is 0 Å². The maximum Gasteiger partial charge on any atom is 0.338 e. The van der Waals surface area contributed by atoms with Gasteiger partial charge in [-0.25, -0.2) is 10.7 Å². The molecule has 0 saturated carbocycles. The highest BCUT2D eigenvalue weighted by atomic mass is 35.5. The van der Waals surface area contributed by atoms with Crippen molar-refractivity contribution in [3.8, 4) is 0 Å². The highest BCUT2D eigenvalue weighted by molar-refractivity contribution is 6.18. The van der Waals surface area contributed by atoms with Crippen LogP contribution in [0, 0.1) is 0 Å². The zero-order valence-corrected chi connectivity index (χ0v) is 7.94. The molecule has 0 amide bonds. The fourth-order valence-electron chi connectivity index (χ4n) is 0.812. The van der Waals surface area contributed by atoms with E-state index in [9.17, 15) is 4.79 Å². The molecule has 0 aliphatic carbocycles. The number of hydrogen-bond acceptors (Lipinski definition) is 3. The Morgan fingerprint density at radius 2 is 1.83 bits per heavy atom. The molecule has 0 aromatic heterocycles. The van der Waals surface area contributed by atoms with Crippen molar-refractivity contribution >= 4 is 29.2 Å². The van der Waals surface area contributed by atoms with Crippen LogP contribution in [0.1, 0.15) is 12.8 Å². The lowest BCUT2D eigenvalue weighted by molar-refractivity contribution is -0.167. The number of carbonyl (C=O) groups is 1. The molecular weight excluding hydrogens is 205 g/mol. The van der Waals surface area contributed by atoms with E-state index in [0.717, 1.165) is 0 Å². The van der Waals surface area contributed by atoms with Crippen molar-refractivity contribution in [2.45, 2.75) is 18.4 Å². The summed E-state index contributed by atoms with van der Waals surface area (Å²) < 4.78 is 0. The molecule has 0 fully saturated rings. The van der Waals surface area contributed by atoms with E-state index >= 15 is 0 Å². The third-order valence-corrected chi connectivity index (χ3v) is 1.99. The molecule has 0 bridgehead atoms. The predicted molar refractivity (Wildman–Crippen MR) is 46.3 cm³/mol. The van der Waals surface area contributed by atoms with Gasteiger partial charge in [-0.15, -0.1) is 23.2 Å². The summed E-state index contributed by atoms with van der Waals surface area (Å²) in [7, 11) is 0. The van der Waals surface area contributed by atoms with Crippen LogP contribution in [-0.2, 0) is 9.63 Å². The number of hydrogen-bond donors (Lipinski definition) is 2. The molecule has 0 unspecified atom stereocenters. The second-order valence-electron chi connectivity index (χ2n) is 2.30. The number of alkyl halides is 2. The minimum atomic E-state index is -1.43. The van der Waals surface area contributed by atoms with E-state index in [1.54, 1.807) is 0 Å². The van der Waals surface area contributed by atoms with Gasteiger partial charge in [-0.1, -0.05) is 0 Å². The van der Waals surface area contributed by atoms with E-state index in [2.05, 4.69) is 4.84 Å². The summed E-state index contributed by atoms with van der Waals surface area (Å²) in [5.41, 5.74) is -1.43. The van der Waals surface area contributed by atoms with Gasteiger partial charge in [0, 0.05) is 24.6 Å². The third-order valence-electron chi connectivity index (χ3n) is 1.61. The Morgan fingerprint density at radius 1 is 1.42 bits per heavy atom. The van der Waals surface area contributed by atoms with E-state index < -0.39 is 11.6 Å². The van der Waals surface area contributed by atoms with Crippen LogP contribution in [0.5, 0.6) is 0 Å². The fourth-order valence-corrected chi connectivity index (χ4v) is 1.42. The van der Waals surface area contributed by atoms with Crippen LogP contribution >= 0.6 is 23.2 Å². The molecule has 0 aromatic rings. The summed E-state index contributed by atoms with van der Waals surface area (Å²) in [5, 5.41) is 8.76. The Morgan fingerprint density at radius 3 is 2.00 bits per heavy atom. The lowest BCUT2D eigenvalue weighted by Gasteiger charge is -2.24. The third kappa shape index (κ3) is 2.79. The average Bonchev–Trinajstić information content (AvgIpc) is 2.03. The van der Waals surface area contributed by atoms with Crippen LogP contribution in [0.3, 0.4) is 0 Å².